The van der Waals surface area contributed by atoms with E-state index in [1.165, 1.54) is 12.1 Å². The highest BCUT2D eigenvalue weighted by molar-refractivity contribution is 5.91. The number of aryl methyl sites for hydroxylation is 2. The van der Waals surface area contributed by atoms with Gasteiger partial charge in [-0.3, -0.25) is 9.48 Å². The molecule has 11 heteroatoms. The van der Waals surface area contributed by atoms with E-state index in [2.05, 4.69) is 10.4 Å². The number of ether oxygens (including phenoxy) is 1. The molecule has 0 bridgehead atoms. The first kappa shape index (κ1) is 22.3. The molecule has 0 aliphatic carbocycles. The summed E-state index contributed by atoms with van der Waals surface area (Å²) < 4.78 is 78.5. The first-order valence-electron chi connectivity index (χ1n) is 9.21. The van der Waals surface area contributed by atoms with Crippen LogP contribution in [0.4, 0.5) is 22.0 Å². The summed E-state index contributed by atoms with van der Waals surface area (Å²) in [6.45, 7) is 5.51. The Morgan fingerprint density at radius 2 is 1.74 bits per heavy atom. The first-order chi connectivity index (χ1) is 14.6. The van der Waals surface area contributed by atoms with Crippen molar-refractivity contribution < 1.29 is 35.9 Å². The number of furan rings is 1. The number of hydrogen-bond acceptors (Lipinski definition) is 4. The van der Waals surface area contributed by atoms with Crippen molar-refractivity contribution in [2.75, 3.05) is 0 Å². The molecule has 1 unspecified atom stereocenters. The van der Waals surface area contributed by atoms with Crippen LogP contribution in [-0.4, -0.2) is 15.7 Å². The standard InChI is InChI=1S/C20H18F5N3O3/c1-4-28-7-12(10(3)27-28)9(2)26-20(29)13-6-5-11(31-13)8-30-19-17(24)15(22)14(21)16(23)18(19)25/h5-7,9H,4,8H2,1-3H3,(H,26,29). The van der Waals surface area contributed by atoms with E-state index in [0.29, 0.717) is 6.54 Å². The molecule has 0 saturated heterocycles. The molecule has 1 aromatic carbocycles. The minimum absolute atomic E-state index is 0.0586. The second-order valence-electron chi connectivity index (χ2n) is 6.67. The van der Waals surface area contributed by atoms with Crippen molar-refractivity contribution >= 4 is 5.91 Å². The van der Waals surface area contributed by atoms with Crippen molar-refractivity contribution in [2.24, 2.45) is 0 Å². The van der Waals surface area contributed by atoms with E-state index in [0.717, 1.165) is 11.3 Å². The predicted octanol–water partition coefficient (Wildman–Crippen LogP) is 4.57. The van der Waals surface area contributed by atoms with Gasteiger partial charge in [0.1, 0.15) is 12.4 Å². The highest BCUT2D eigenvalue weighted by Gasteiger charge is 2.27. The van der Waals surface area contributed by atoms with Gasteiger partial charge >= 0.3 is 0 Å². The van der Waals surface area contributed by atoms with E-state index < -0.39 is 47.3 Å². The molecule has 1 N–H and O–H groups in total. The van der Waals surface area contributed by atoms with Crippen molar-refractivity contribution in [1.82, 2.24) is 15.1 Å². The Bertz CT molecular complexity index is 1100. The Kier molecular flexibility index (Phi) is 6.32. The Balaban J connectivity index is 1.68. The molecule has 0 radical (unpaired) electrons. The number of hydrogen-bond donors (Lipinski definition) is 1. The molecule has 0 aliphatic heterocycles. The molecule has 31 heavy (non-hydrogen) atoms. The molecule has 0 saturated carbocycles. The van der Waals surface area contributed by atoms with E-state index in [1.807, 2.05) is 20.0 Å². The van der Waals surface area contributed by atoms with Crippen LogP contribution in [0.3, 0.4) is 0 Å². The normalized spacial score (nSPS) is 12.1. The topological polar surface area (TPSA) is 69.3 Å². The van der Waals surface area contributed by atoms with Crippen molar-refractivity contribution in [2.45, 2.75) is 40.0 Å². The third kappa shape index (κ3) is 4.39. The maximum absolute atomic E-state index is 13.7. The second-order valence-corrected chi connectivity index (χ2v) is 6.67. The largest absolute Gasteiger partial charge is 0.479 e. The maximum atomic E-state index is 13.7. The lowest BCUT2D eigenvalue weighted by molar-refractivity contribution is 0.0907. The monoisotopic (exact) mass is 443 g/mol. The van der Waals surface area contributed by atoms with Crippen LogP contribution in [0.15, 0.2) is 22.7 Å². The summed E-state index contributed by atoms with van der Waals surface area (Å²) in [5.74, 6) is -12.9. The van der Waals surface area contributed by atoms with Gasteiger partial charge in [0.05, 0.1) is 11.7 Å². The summed E-state index contributed by atoms with van der Waals surface area (Å²) in [5.41, 5.74) is 1.57. The first-order valence-corrected chi connectivity index (χ1v) is 9.21. The van der Waals surface area contributed by atoms with Gasteiger partial charge in [-0.2, -0.15) is 13.9 Å². The van der Waals surface area contributed by atoms with Gasteiger partial charge in [0.25, 0.3) is 5.91 Å². The molecule has 0 fully saturated rings. The molecule has 166 valence electrons. The lowest BCUT2D eigenvalue weighted by atomic mass is 10.1. The van der Waals surface area contributed by atoms with E-state index in [1.54, 1.807) is 11.6 Å². The molecule has 3 aromatic rings. The third-order valence-corrected chi connectivity index (χ3v) is 4.54. The zero-order chi connectivity index (χ0) is 22.9. The van der Waals surface area contributed by atoms with Crippen LogP contribution >= 0.6 is 0 Å². The molecule has 0 spiro atoms. The van der Waals surface area contributed by atoms with Crippen LogP contribution in [0, 0.1) is 36.0 Å². The zero-order valence-corrected chi connectivity index (χ0v) is 16.7. The molecule has 2 aromatic heterocycles. The number of carbonyl (C=O) groups is 1. The van der Waals surface area contributed by atoms with E-state index in [4.69, 9.17) is 9.15 Å². The molecular weight excluding hydrogens is 425 g/mol. The van der Waals surface area contributed by atoms with Gasteiger partial charge in [-0.15, -0.1) is 0 Å². The van der Waals surface area contributed by atoms with Gasteiger partial charge < -0.3 is 14.5 Å². The van der Waals surface area contributed by atoms with Gasteiger partial charge in [-0.25, -0.2) is 13.2 Å². The lowest BCUT2D eigenvalue weighted by Crippen LogP contribution is -2.26. The number of aromatic nitrogens is 2. The Morgan fingerprint density at radius 1 is 1.13 bits per heavy atom. The molecule has 2 heterocycles. The number of carbonyl (C=O) groups excluding carboxylic acids is 1. The third-order valence-electron chi connectivity index (χ3n) is 4.54. The second kappa shape index (κ2) is 8.78. The summed E-state index contributed by atoms with van der Waals surface area (Å²) in [6.07, 6.45) is 1.81. The minimum Gasteiger partial charge on any atom is -0.479 e. The fourth-order valence-electron chi connectivity index (χ4n) is 2.90. The van der Waals surface area contributed by atoms with E-state index >= 15 is 0 Å². The smallest absolute Gasteiger partial charge is 0.287 e. The summed E-state index contributed by atoms with van der Waals surface area (Å²) in [6, 6.07) is 2.19. The van der Waals surface area contributed by atoms with E-state index in [-0.39, 0.29) is 17.6 Å². The van der Waals surface area contributed by atoms with Crippen LogP contribution in [-0.2, 0) is 13.2 Å². The fourth-order valence-corrected chi connectivity index (χ4v) is 2.90. The Morgan fingerprint density at radius 3 is 2.32 bits per heavy atom. The number of rotatable bonds is 7. The van der Waals surface area contributed by atoms with Crippen molar-refractivity contribution in [3.8, 4) is 5.75 Å². The van der Waals surface area contributed by atoms with Gasteiger partial charge in [0, 0.05) is 18.3 Å². The number of benzene rings is 1. The van der Waals surface area contributed by atoms with Crippen LogP contribution in [0.2, 0.25) is 0 Å². The van der Waals surface area contributed by atoms with Crippen LogP contribution in [0.5, 0.6) is 5.75 Å². The SMILES string of the molecule is CCn1cc(C(C)NC(=O)c2ccc(COc3c(F)c(F)c(F)c(F)c3F)o2)c(C)n1. The molecule has 6 nitrogen and oxygen atoms in total. The van der Waals surface area contributed by atoms with Crippen LogP contribution in [0.1, 0.15) is 47.5 Å². The summed E-state index contributed by atoms with van der Waals surface area (Å²) in [7, 11) is 0. The van der Waals surface area contributed by atoms with E-state index in [9.17, 15) is 26.7 Å². The average Bonchev–Trinajstić information content (AvgIpc) is 3.37. The van der Waals surface area contributed by atoms with Gasteiger partial charge in [0.15, 0.2) is 11.5 Å². The van der Waals surface area contributed by atoms with Gasteiger partial charge in [0.2, 0.25) is 29.1 Å². The zero-order valence-electron chi connectivity index (χ0n) is 16.7. The number of nitrogens with one attached hydrogen (secondary N) is 1. The Labute approximate surface area is 173 Å². The molecule has 1 atom stereocenters. The molecule has 1 amide bonds. The number of nitrogens with zero attached hydrogens (tertiary/aromatic N) is 2. The van der Waals surface area contributed by atoms with Crippen LogP contribution < -0.4 is 10.1 Å². The summed E-state index contributed by atoms with van der Waals surface area (Å²) in [4.78, 5) is 12.4. The van der Waals surface area contributed by atoms with Crippen molar-refractivity contribution in [3.05, 3.63) is 70.2 Å². The highest BCUT2D eigenvalue weighted by Crippen LogP contribution is 2.30. The predicted molar refractivity (Wildman–Crippen MR) is 97.8 cm³/mol. The van der Waals surface area contributed by atoms with Crippen LogP contribution in [0.25, 0.3) is 0 Å². The van der Waals surface area contributed by atoms with Gasteiger partial charge in [-0.05, 0) is 32.9 Å². The maximum Gasteiger partial charge on any atom is 0.287 e. The number of halogens is 5. The fraction of sp³-hybridized carbons (Fsp3) is 0.300. The van der Waals surface area contributed by atoms with Gasteiger partial charge in [-0.1, -0.05) is 0 Å². The quantitative estimate of drug-likeness (QED) is 0.330. The molecule has 0 aliphatic rings. The lowest BCUT2D eigenvalue weighted by Gasteiger charge is -2.12. The number of amides is 1. The molecule has 3 rings (SSSR count). The highest BCUT2D eigenvalue weighted by atomic mass is 19.2. The Hall–Kier alpha value is -3.37. The van der Waals surface area contributed by atoms with Crippen molar-refractivity contribution in [3.63, 3.8) is 0 Å². The average molecular weight is 443 g/mol. The summed E-state index contributed by atoms with van der Waals surface area (Å²) in [5, 5.41) is 7.04. The minimum atomic E-state index is -2.28. The molecular formula is C20H18F5N3O3. The summed E-state index contributed by atoms with van der Waals surface area (Å²) >= 11 is 0. The van der Waals surface area contributed by atoms with Crippen molar-refractivity contribution in [1.29, 1.82) is 0 Å².